The largest absolute Gasteiger partial charge is 0.478 e. The maximum atomic E-state index is 13.1. The summed E-state index contributed by atoms with van der Waals surface area (Å²) in [5.41, 5.74) is 0.967. The maximum absolute atomic E-state index is 13.1. The maximum Gasteiger partial charge on any atom is 0.337 e. The van der Waals surface area contributed by atoms with Crippen LogP contribution in [0.25, 0.3) is 0 Å². The van der Waals surface area contributed by atoms with Crippen molar-refractivity contribution in [1.82, 2.24) is 4.98 Å². The van der Waals surface area contributed by atoms with E-state index in [1.807, 2.05) is 18.0 Å². The third-order valence-electron chi connectivity index (χ3n) is 2.69. The second kappa shape index (κ2) is 5.48. The minimum absolute atomic E-state index is 0.142. The number of anilines is 1. The second-order valence-electron chi connectivity index (χ2n) is 4.20. The summed E-state index contributed by atoms with van der Waals surface area (Å²) in [4.78, 5) is 16.6. The van der Waals surface area contributed by atoms with Crippen LogP contribution in [0.2, 0.25) is 0 Å². The van der Waals surface area contributed by atoms with Crippen molar-refractivity contribution in [2.75, 3.05) is 11.9 Å². The lowest BCUT2D eigenvalue weighted by Crippen LogP contribution is -2.17. The molecule has 0 radical (unpaired) electrons. The van der Waals surface area contributed by atoms with E-state index >= 15 is 0 Å². The highest BCUT2D eigenvalue weighted by molar-refractivity contribution is 5.87. The number of benzene rings is 1. The van der Waals surface area contributed by atoms with E-state index < -0.39 is 5.97 Å². The number of pyridine rings is 1. The summed E-state index contributed by atoms with van der Waals surface area (Å²) in [6.07, 6.45) is 1.31. The molecule has 0 aliphatic rings. The number of carboxylic acids is 1. The highest BCUT2D eigenvalue weighted by Crippen LogP contribution is 2.14. The Morgan fingerprint density at radius 1 is 1.37 bits per heavy atom. The van der Waals surface area contributed by atoms with Crippen molar-refractivity contribution < 1.29 is 14.3 Å². The van der Waals surface area contributed by atoms with Gasteiger partial charge in [-0.05, 0) is 29.8 Å². The molecule has 1 N–H and O–H groups in total. The Morgan fingerprint density at radius 3 is 2.74 bits per heavy atom. The zero-order chi connectivity index (χ0) is 13.8. The van der Waals surface area contributed by atoms with E-state index in [9.17, 15) is 9.18 Å². The molecule has 19 heavy (non-hydrogen) atoms. The molecule has 2 aromatic rings. The van der Waals surface area contributed by atoms with Gasteiger partial charge in [-0.3, -0.25) is 0 Å². The van der Waals surface area contributed by atoms with E-state index in [2.05, 4.69) is 4.98 Å². The van der Waals surface area contributed by atoms with Crippen molar-refractivity contribution in [3.05, 3.63) is 59.5 Å². The summed E-state index contributed by atoms with van der Waals surface area (Å²) in [5, 5.41) is 8.78. The number of carboxylic acid groups (broad SMARTS) is 1. The standard InChI is InChI=1S/C14H13FN2O2/c1-17(9-10-3-2-4-12(15)7-10)13-6-5-11(8-16-13)14(18)19/h2-8H,9H2,1H3,(H,18,19). The highest BCUT2D eigenvalue weighted by Gasteiger charge is 2.07. The summed E-state index contributed by atoms with van der Waals surface area (Å²) >= 11 is 0. The Bertz CT molecular complexity index is 584. The number of aromatic nitrogens is 1. The van der Waals surface area contributed by atoms with Crippen LogP contribution >= 0.6 is 0 Å². The van der Waals surface area contributed by atoms with Gasteiger partial charge in [0.2, 0.25) is 0 Å². The first-order chi connectivity index (χ1) is 9.06. The predicted octanol–water partition coefficient (Wildman–Crippen LogP) is 2.56. The third kappa shape index (κ3) is 3.28. The van der Waals surface area contributed by atoms with Crippen LogP contribution in [0.4, 0.5) is 10.2 Å². The van der Waals surface area contributed by atoms with E-state index in [0.29, 0.717) is 12.4 Å². The lowest BCUT2D eigenvalue weighted by atomic mass is 10.2. The Labute approximate surface area is 110 Å². The van der Waals surface area contributed by atoms with Gasteiger partial charge in [0.1, 0.15) is 11.6 Å². The van der Waals surface area contributed by atoms with Crippen molar-refractivity contribution in [3.63, 3.8) is 0 Å². The molecule has 1 aromatic carbocycles. The fourth-order valence-electron chi connectivity index (χ4n) is 1.73. The fraction of sp³-hybridized carbons (Fsp3) is 0.143. The summed E-state index contributed by atoms with van der Waals surface area (Å²) in [5.74, 6) is -0.652. The number of halogens is 1. The molecule has 0 amide bonds. The number of aromatic carboxylic acids is 1. The van der Waals surface area contributed by atoms with Crippen molar-refractivity contribution in [2.24, 2.45) is 0 Å². The molecule has 98 valence electrons. The SMILES string of the molecule is CN(Cc1cccc(F)c1)c1ccc(C(=O)O)cn1. The van der Waals surface area contributed by atoms with Crippen LogP contribution in [-0.2, 0) is 6.54 Å². The van der Waals surface area contributed by atoms with Gasteiger partial charge in [0.15, 0.2) is 0 Å². The zero-order valence-corrected chi connectivity index (χ0v) is 10.4. The van der Waals surface area contributed by atoms with Crippen LogP contribution < -0.4 is 4.90 Å². The average molecular weight is 260 g/mol. The number of hydrogen-bond donors (Lipinski definition) is 1. The Hall–Kier alpha value is -2.43. The van der Waals surface area contributed by atoms with E-state index in [4.69, 9.17) is 5.11 Å². The molecule has 1 aromatic heterocycles. The molecule has 5 heteroatoms. The van der Waals surface area contributed by atoms with Crippen LogP contribution in [0.3, 0.4) is 0 Å². The van der Waals surface area contributed by atoms with Gasteiger partial charge in [-0.1, -0.05) is 12.1 Å². The lowest BCUT2D eigenvalue weighted by Gasteiger charge is -2.18. The molecule has 0 saturated heterocycles. The molecule has 0 aliphatic heterocycles. The van der Waals surface area contributed by atoms with Gasteiger partial charge in [-0.25, -0.2) is 14.2 Å². The molecule has 1 heterocycles. The topological polar surface area (TPSA) is 53.4 Å². The van der Waals surface area contributed by atoms with E-state index in [0.717, 1.165) is 5.56 Å². The average Bonchev–Trinajstić information content (AvgIpc) is 2.39. The van der Waals surface area contributed by atoms with Gasteiger partial charge in [0.25, 0.3) is 0 Å². The van der Waals surface area contributed by atoms with Crippen molar-refractivity contribution in [2.45, 2.75) is 6.54 Å². The van der Waals surface area contributed by atoms with Gasteiger partial charge < -0.3 is 10.0 Å². The van der Waals surface area contributed by atoms with Gasteiger partial charge >= 0.3 is 5.97 Å². The first-order valence-electron chi connectivity index (χ1n) is 5.71. The Kier molecular flexibility index (Phi) is 3.75. The lowest BCUT2D eigenvalue weighted by molar-refractivity contribution is 0.0696. The first-order valence-corrected chi connectivity index (χ1v) is 5.71. The molecule has 0 atom stereocenters. The number of rotatable bonds is 4. The molecule has 0 spiro atoms. The molecule has 0 saturated carbocycles. The fourth-order valence-corrected chi connectivity index (χ4v) is 1.73. The zero-order valence-electron chi connectivity index (χ0n) is 10.4. The Balaban J connectivity index is 2.11. The number of hydrogen-bond acceptors (Lipinski definition) is 3. The number of nitrogens with zero attached hydrogens (tertiary/aromatic N) is 2. The highest BCUT2D eigenvalue weighted by atomic mass is 19.1. The molecule has 0 bridgehead atoms. The van der Waals surface area contributed by atoms with Crippen LogP contribution in [0, 0.1) is 5.82 Å². The minimum atomic E-state index is -1.01. The quantitative estimate of drug-likeness (QED) is 0.917. The van der Waals surface area contributed by atoms with E-state index in [-0.39, 0.29) is 11.4 Å². The molecular formula is C14H13FN2O2. The van der Waals surface area contributed by atoms with Gasteiger partial charge in [0.05, 0.1) is 5.56 Å². The second-order valence-corrected chi connectivity index (χ2v) is 4.20. The molecule has 4 nitrogen and oxygen atoms in total. The van der Waals surface area contributed by atoms with Crippen molar-refractivity contribution in [3.8, 4) is 0 Å². The van der Waals surface area contributed by atoms with Crippen LogP contribution in [0.5, 0.6) is 0 Å². The third-order valence-corrected chi connectivity index (χ3v) is 2.69. The normalized spacial score (nSPS) is 10.2. The molecule has 0 fully saturated rings. The van der Waals surface area contributed by atoms with Gasteiger partial charge in [0, 0.05) is 19.8 Å². The summed E-state index contributed by atoms with van der Waals surface area (Å²) in [7, 11) is 1.81. The number of carbonyl (C=O) groups is 1. The predicted molar refractivity (Wildman–Crippen MR) is 69.7 cm³/mol. The molecule has 0 unspecified atom stereocenters. The van der Waals surface area contributed by atoms with E-state index in [1.165, 1.54) is 24.4 Å². The summed E-state index contributed by atoms with van der Waals surface area (Å²) in [6, 6.07) is 9.45. The van der Waals surface area contributed by atoms with Gasteiger partial charge in [-0.15, -0.1) is 0 Å². The Morgan fingerprint density at radius 2 is 2.16 bits per heavy atom. The summed E-state index contributed by atoms with van der Waals surface area (Å²) < 4.78 is 13.1. The summed E-state index contributed by atoms with van der Waals surface area (Å²) in [6.45, 7) is 0.497. The van der Waals surface area contributed by atoms with Crippen molar-refractivity contribution in [1.29, 1.82) is 0 Å². The van der Waals surface area contributed by atoms with Crippen LogP contribution in [0.15, 0.2) is 42.6 Å². The van der Waals surface area contributed by atoms with Gasteiger partial charge in [-0.2, -0.15) is 0 Å². The first kappa shape index (κ1) is 13.0. The molecule has 2 rings (SSSR count). The van der Waals surface area contributed by atoms with E-state index in [1.54, 1.807) is 12.1 Å². The molecular weight excluding hydrogens is 247 g/mol. The van der Waals surface area contributed by atoms with Crippen LogP contribution in [-0.4, -0.2) is 23.1 Å². The molecule has 0 aliphatic carbocycles. The smallest absolute Gasteiger partial charge is 0.337 e. The monoisotopic (exact) mass is 260 g/mol. The van der Waals surface area contributed by atoms with Crippen LogP contribution in [0.1, 0.15) is 15.9 Å². The van der Waals surface area contributed by atoms with Crippen molar-refractivity contribution >= 4 is 11.8 Å². The minimum Gasteiger partial charge on any atom is -0.478 e.